The molecule has 4 heterocycles. The maximum atomic E-state index is 13.0. The fraction of sp³-hybridized carbons (Fsp3) is 0.550. The number of aryl methyl sites for hydroxylation is 1. The van der Waals surface area contributed by atoms with Crippen molar-refractivity contribution in [3.05, 3.63) is 33.9 Å². The molecule has 150 valence electrons. The first-order valence-electron chi connectivity index (χ1n) is 9.69. The number of piperidine rings is 1. The lowest BCUT2D eigenvalue weighted by Gasteiger charge is -2.39. The van der Waals surface area contributed by atoms with Gasteiger partial charge in [0.2, 0.25) is 5.95 Å². The first kappa shape index (κ1) is 19.3. The zero-order chi connectivity index (χ0) is 19.9. The van der Waals surface area contributed by atoms with Crippen LogP contribution in [0.25, 0.3) is 0 Å². The molecule has 2 aromatic heterocycles. The third kappa shape index (κ3) is 3.51. The second-order valence-electron chi connectivity index (χ2n) is 7.93. The van der Waals surface area contributed by atoms with Gasteiger partial charge in [-0.1, -0.05) is 11.8 Å². The summed E-state index contributed by atoms with van der Waals surface area (Å²) in [5.74, 6) is 1.20. The van der Waals surface area contributed by atoms with Crippen molar-refractivity contribution in [1.29, 1.82) is 0 Å². The van der Waals surface area contributed by atoms with Gasteiger partial charge >= 0.3 is 0 Å². The third-order valence-electron chi connectivity index (χ3n) is 6.11. The Bertz CT molecular complexity index is 942. The molecule has 2 aliphatic heterocycles. The van der Waals surface area contributed by atoms with Crippen LogP contribution >= 0.6 is 11.8 Å². The molecular formula is C20H27N5O2S. The van der Waals surface area contributed by atoms with Gasteiger partial charge in [0.05, 0.1) is 17.7 Å². The van der Waals surface area contributed by atoms with Gasteiger partial charge in [-0.05, 0) is 50.2 Å². The highest BCUT2D eigenvalue weighted by molar-refractivity contribution is 7.99. The van der Waals surface area contributed by atoms with Crippen LogP contribution in [0, 0.1) is 19.3 Å². The Kier molecular flexibility index (Phi) is 5.09. The molecule has 0 amide bonds. The van der Waals surface area contributed by atoms with Gasteiger partial charge in [-0.25, -0.2) is 9.97 Å². The van der Waals surface area contributed by atoms with E-state index >= 15 is 0 Å². The smallest absolute Gasteiger partial charge is 0.268 e. The standard InChI is InChI=1S/C20H27N5O2S/c1-13-14(2)23-17(21)10-15(13)28-16-11-22-19(24(3)18(16)26)25-7-4-20(5-8-25)6-9-27-12-20/h10-11H,4-9,12H2,1-3H3,(H2,21,23). The topological polar surface area (TPSA) is 86.3 Å². The molecule has 2 aromatic rings. The summed E-state index contributed by atoms with van der Waals surface area (Å²) in [5.41, 5.74) is 8.09. The first-order chi connectivity index (χ1) is 13.4. The summed E-state index contributed by atoms with van der Waals surface area (Å²) in [6, 6.07) is 1.81. The van der Waals surface area contributed by atoms with Crippen molar-refractivity contribution >= 4 is 23.5 Å². The number of ether oxygens (including phenoxy) is 1. The first-order valence-corrected chi connectivity index (χ1v) is 10.5. The number of anilines is 2. The Morgan fingerprint density at radius 1 is 1.21 bits per heavy atom. The Labute approximate surface area is 169 Å². The van der Waals surface area contributed by atoms with E-state index in [4.69, 9.17) is 10.5 Å². The molecule has 0 atom stereocenters. The lowest BCUT2D eigenvalue weighted by atomic mass is 9.78. The molecule has 0 bridgehead atoms. The lowest BCUT2D eigenvalue weighted by molar-refractivity contribution is 0.133. The molecule has 2 fully saturated rings. The van der Waals surface area contributed by atoms with Crippen LogP contribution in [0.5, 0.6) is 0 Å². The minimum absolute atomic E-state index is 0.0353. The third-order valence-corrected chi connectivity index (χ3v) is 7.26. The van der Waals surface area contributed by atoms with Gasteiger partial charge < -0.3 is 15.4 Å². The van der Waals surface area contributed by atoms with Crippen molar-refractivity contribution in [2.24, 2.45) is 12.5 Å². The molecule has 28 heavy (non-hydrogen) atoms. The summed E-state index contributed by atoms with van der Waals surface area (Å²) in [7, 11) is 1.80. The summed E-state index contributed by atoms with van der Waals surface area (Å²) in [5, 5.41) is 0. The van der Waals surface area contributed by atoms with Crippen LogP contribution < -0.4 is 16.2 Å². The number of nitrogens with two attached hydrogens (primary N) is 1. The number of nitrogen functional groups attached to an aromatic ring is 1. The Balaban J connectivity index is 1.55. The number of rotatable bonds is 3. The average Bonchev–Trinajstić information content (AvgIpc) is 3.12. The molecule has 0 radical (unpaired) electrons. The quantitative estimate of drug-likeness (QED) is 0.846. The van der Waals surface area contributed by atoms with Gasteiger partial charge in [0, 0.05) is 37.3 Å². The normalized spacial score (nSPS) is 18.8. The molecule has 0 saturated carbocycles. The van der Waals surface area contributed by atoms with Crippen LogP contribution in [0.2, 0.25) is 0 Å². The van der Waals surface area contributed by atoms with Crippen LogP contribution in [0.1, 0.15) is 30.5 Å². The fourth-order valence-electron chi connectivity index (χ4n) is 4.06. The van der Waals surface area contributed by atoms with E-state index in [0.717, 1.165) is 67.7 Å². The predicted molar refractivity (Wildman–Crippen MR) is 111 cm³/mol. The molecule has 8 heteroatoms. The van der Waals surface area contributed by atoms with E-state index in [1.54, 1.807) is 17.8 Å². The second kappa shape index (κ2) is 7.40. The van der Waals surface area contributed by atoms with E-state index in [1.807, 2.05) is 19.9 Å². The number of pyridine rings is 1. The van der Waals surface area contributed by atoms with Gasteiger partial charge in [0.15, 0.2) is 0 Å². The molecular weight excluding hydrogens is 374 g/mol. The van der Waals surface area contributed by atoms with Gasteiger partial charge in [-0.2, -0.15) is 0 Å². The molecule has 0 unspecified atom stereocenters. The van der Waals surface area contributed by atoms with Crippen molar-refractivity contribution < 1.29 is 4.74 Å². The molecule has 0 aliphatic carbocycles. The minimum atomic E-state index is -0.0353. The van der Waals surface area contributed by atoms with Crippen molar-refractivity contribution in [1.82, 2.24) is 14.5 Å². The van der Waals surface area contributed by atoms with E-state index in [0.29, 0.717) is 16.1 Å². The number of hydrogen-bond donors (Lipinski definition) is 1. The Hall–Kier alpha value is -2.06. The molecule has 2 saturated heterocycles. The fourth-order valence-corrected chi connectivity index (χ4v) is 5.11. The van der Waals surface area contributed by atoms with Gasteiger partial charge in [-0.3, -0.25) is 9.36 Å². The summed E-state index contributed by atoms with van der Waals surface area (Å²) < 4.78 is 7.28. The Morgan fingerprint density at radius 2 is 1.96 bits per heavy atom. The zero-order valence-corrected chi connectivity index (χ0v) is 17.5. The molecule has 7 nitrogen and oxygen atoms in total. The molecule has 2 aliphatic rings. The van der Waals surface area contributed by atoms with Crippen LogP contribution in [-0.4, -0.2) is 40.8 Å². The van der Waals surface area contributed by atoms with Crippen molar-refractivity contribution in [2.75, 3.05) is 36.9 Å². The van der Waals surface area contributed by atoms with E-state index in [1.165, 1.54) is 11.8 Å². The van der Waals surface area contributed by atoms with Crippen LogP contribution in [0.4, 0.5) is 11.8 Å². The molecule has 1 spiro atoms. The Morgan fingerprint density at radius 3 is 2.64 bits per heavy atom. The molecule has 0 aromatic carbocycles. The van der Waals surface area contributed by atoms with Gasteiger partial charge in [0.1, 0.15) is 5.82 Å². The second-order valence-corrected chi connectivity index (χ2v) is 9.02. The lowest BCUT2D eigenvalue weighted by Crippen LogP contribution is -2.43. The summed E-state index contributed by atoms with van der Waals surface area (Å²) in [6.45, 7) is 7.49. The summed E-state index contributed by atoms with van der Waals surface area (Å²) in [4.78, 5) is 25.6. The molecule has 2 N–H and O–H groups in total. The van der Waals surface area contributed by atoms with Gasteiger partial charge in [0.25, 0.3) is 5.56 Å². The minimum Gasteiger partial charge on any atom is -0.384 e. The summed E-state index contributed by atoms with van der Waals surface area (Å²) in [6.07, 6.45) is 5.02. The van der Waals surface area contributed by atoms with Crippen LogP contribution in [-0.2, 0) is 11.8 Å². The molecule has 4 rings (SSSR count). The van der Waals surface area contributed by atoms with Crippen molar-refractivity contribution in [3.63, 3.8) is 0 Å². The maximum absolute atomic E-state index is 13.0. The van der Waals surface area contributed by atoms with Gasteiger partial charge in [-0.15, -0.1) is 0 Å². The van der Waals surface area contributed by atoms with Crippen molar-refractivity contribution in [3.8, 4) is 0 Å². The SMILES string of the molecule is Cc1nc(N)cc(Sc2cnc(N3CCC4(CCOC4)CC3)n(C)c2=O)c1C. The number of hydrogen-bond acceptors (Lipinski definition) is 7. The van der Waals surface area contributed by atoms with E-state index in [9.17, 15) is 4.79 Å². The highest BCUT2D eigenvalue weighted by Crippen LogP contribution is 2.39. The number of aromatic nitrogens is 3. The van der Waals surface area contributed by atoms with Crippen molar-refractivity contribution in [2.45, 2.75) is 42.9 Å². The highest BCUT2D eigenvalue weighted by atomic mass is 32.2. The van der Waals surface area contributed by atoms with E-state index in [2.05, 4.69) is 14.9 Å². The monoisotopic (exact) mass is 401 g/mol. The zero-order valence-electron chi connectivity index (χ0n) is 16.7. The summed E-state index contributed by atoms with van der Waals surface area (Å²) >= 11 is 1.40. The maximum Gasteiger partial charge on any atom is 0.268 e. The van der Waals surface area contributed by atoms with E-state index in [-0.39, 0.29) is 5.56 Å². The largest absolute Gasteiger partial charge is 0.384 e. The van der Waals surface area contributed by atoms with Crippen LogP contribution in [0.15, 0.2) is 26.8 Å². The average molecular weight is 402 g/mol. The van der Waals surface area contributed by atoms with E-state index < -0.39 is 0 Å². The van der Waals surface area contributed by atoms with Crippen LogP contribution in [0.3, 0.4) is 0 Å². The number of nitrogens with zero attached hydrogens (tertiary/aromatic N) is 4. The predicted octanol–water partition coefficient (Wildman–Crippen LogP) is 2.53. The highest BCUT2D eigenvalue weighted by Gasteiger charge is 2.38.